The number of hydrogen-bond donors (Lipinski definition) is 0. The Kier molecular flexibility index (Phi) is 9.63. The Morgan fingerprint density at radius 2 is 1.72 bits per heavy atom. The lowest BCUT2D eigenvalue weighted by Gasteiger charge is -2.08. The summed E-state index contributed by atoms with van der Waals surface area (Å²) in [5, 5.41) is 0. The smallest absolute Gasteiger partial charge is 0.331 e. The number of carbonyl (C=O) groups is 1. The van der Waals surface area contributed by atoms with Crippen LogP contribution in [-0.4, -0.2) is 49.9 Å². The number of nitrogens with zero attached hydrogens (tertiary/aromatic N) is 3. The van der Waals surface area contributed by atoms with Gasteiger partial charge in [-0.1, -0.05) is 0 Å². The Hall–Kier alpha value is -2.39. The average molecular weight is 253 g/mol. The van der Waals surface area contributed by atoms with Crippen molar-refractivity contribution in [1.29, 1.82) is 0 Å². The Morgan fingerprint density at radius 3 is 2.33 bits per heavy atom. The SMILES string of the molecule is O=C=NCCCC(N=C=O)C(=O)OCCN=C=O. The van der Waals surface area contributed by atoms with E-state index in [-0.39, 0.29) is 26.1 Å². The van der Waals surface area contributed by atoms with Crippen LogP contribution in [0.15, 0.2) is 15.0 Å². The third kappa shape index (κ3) is 7.84. The van der Waals surface area contributed by atoms with Crippen LogP contribution in [-0.2, 0) is 23.9 Å². The maximum absolute atomic E-state index is 11.4. The van der Waals surface area contributed by atoms with Crippen LogP contribution in [0.4, 0.5) is 0 Å². The van der Waals surface area contributed by atoms with Gasteiger partial charge in [0.15, 0.2) is 6.04 Å². The van der Waals surface area contributed by atoms with Crippen molar-refractivity contribution in [2.24, 2.45) is 15.0 Å². The molecule has 0 aliphatic heterocycles. The summed E-state index contributed by atoms with van der Waals surface area (Å²) in [7, 11) is 0. The molecule has 0 bridgehead atoms. The monoisotopic (exact) mass is 253 g/mol. The van der Waals surface area contributed by atoms with Crippen molar-refractivity contribution >= 4 is 24.2 Å². The largest absolute Gasteiger partial charge is 0.462 e. The topological polar surface area (TPSA) is 115 Å². The maximum Gasteiger partial charge on any atom is 0.331 e. The predicted molar refractivity (Wildman–Crippen MR) is 58.1 cm³/mol. The first-order valence-electron chi connectivity index (χ1n) is 5.07. The summed E-state index contributed by atoms with van der Waals surface area (Å²) in [4.78, 5) is 50.9. The van der Waals surface area contributed by atoms with E-state index in [9.17, 15) is 19.2 Å². The van der Waals surface area contributed by atoms with Gasteiger partial charge in [-0.05, 0) is 12.8 Å². The molecule has 0 spiro atoms. The molecule has 0 amide bonds. The van der Waals surface area contributed by atoms with E-state index < -0.39 is 12.0 Å². The molecule has 8 heteroatoms. The van der Waals surface area contributed by atoms with E-state index in [4.69, 9.17) is 4.74 Å². The van der Waals surface area contributed by atoms with Crippen molar-refractivity contribution in [2.75, 3.05) is 19.7 Å². The third-order valence-corrected chi connectivity index (χ3v) is 1.80. The molecule has 0 saturated carbocycles. The molecule has 0 rings (SSSR count). The molecule has 0 aromatic rings. The molecule has 0 aromatic heterocycles. The third-order valence-electron chi connectivity index (χ3n) is 1.80. The molecule has 0 saturated heterocycles. The van der Waals surface area contributed by atoms with Crippen molar-refractivity contribution in [2.45, 2.75) is 18.9 Å². The lowest BCUT2D eigenvalue weighted by Crippen LogP contribution is -2.23. The second-order valence-corrected chi connectivity index (χ2v) is 2.99. The number of aliphatic imine (C=N–C) groups is 3. The average Bonchev–Trinajstić information content (AvgIpc) is 2.38. The van der Waals surface area contributed by atoms with Gasteiger partial charge < -0.3 is 4.74 Å². The van der Waals surface area contributed by atoms with E-state index in [1.165, 1.54) is 18.2 Å². The Labute approximate surface area is 102 Å². The van der Waals surface area contributed by atoms with Gasteiger partial charge in [-0.2, -0.15) is 4.99 Å². The zero-order valence-corrected chi connectivity index (χ0v) is 9.50. The minimum atomic E-state index is -0.982. The molecular weight excluding hydrogens is 242 g/mol. The van der Waals surface area contributed by atoms with E-state index in [1.54, 1.807) is 0 Å². The van der Waals surface area contributed by atoms with Crippen molar-refractivity contribution in [3.8, 4) is 0 Å². The molecular formula is C10H11N3O5. The van der Waals surface area contributed by atoms with Gasteiger partial charge >= 0.3 is 5.97 Å². The minimum Gasteiger partial charge on any atom is -0.462 e. The van der Waals surface area contributed by atoms with E-state index >= 15 is 0 Å². The first-order chi connectivity index (χ1) is 8.76. The zero-order valence-electron chi connectivity index (χ0n) is 9.50. The molecule has 8 nitrogen and oxygen atoms in total. The molecule has 96 valence electrons. The number of isocyanates is 3. The van der Waals surface area contributed by atoms with Gasteiger partial charge in [0.05, 0.1) is 13.1 Å². The molecule has 0 N–H and O–H groups in total. The number of carbonyl (C=O) groups excluding carboxylic acids is 4. The van der Waals surface area contributed by atoms with E-state index in [0.717, 1.165) is 0 Å². The molecule has 0 aliphatic carbocycles. The molecule has 0 aliphatic rings. The molecule has 0 aromatic carbocycles. The summed E-state index contributed by atoms with van der Waals surface area (Å²) in [5.41, 5.74) is 0. The Balaban J connectivity index is 4.13. The quantitative estimate of drug-likeness (QED) is 0.242. The van der Waals surface area contributed by atoms with Crippen molar-refractivity contribution in [1.82, 2.24) is 0 Å². The highest BCUT2D eigenvalue weighted by Gasteiger charge is 2.18. The van der Waals surface area contributed by atoms with Crippen LogP contribution in [0.3, 0.4) is 0 Å². The lowest BCUT2D eigenvalue weighted by atomic mass is 10.1. The van der Waals surface area contributed by atoms with Crippen LogP contribution in [0.25, 0.3) is 0 Å². The second-order valence-electron chi connectivity index (χ2n) is 2.99. The first-order valence-corrected chi connectivity index (χ1v) is 5.07. The summed E-state index contributed by atoms with van der Waals surface area (Å²) in [5.74, 6) is -0.713. The number of ether oxygens (including phenoxy) is 1. The van der Waals surface area contributed by atoms with Gasteiger partial charge in [-0.15, -0.1) is 0 Å². The molecule has 1 unspecified atom stereocenters. The normalized spacial score (nSPS) is 10.2. The van der Waals surface area contributed by atoms with E-state index in [2.05, 4.69) is 15.0 Å². The number of hydrogen-bond acceptors (Lipinski definition) is 8. The van der Waals surface area contributed by atoms with Gasteiger partial charge in [0, 0.05) is 0 Å². The van der Waals surface area contributed by atoms with Crippen LogP contribution in [0.5, 0.6) is 0 Å². The number of esters is 1. The maximum atomic E-state index is 11.4. The van der Waals surface area contributed by atoms with Crippen LogP contribution in [0.1, 0.15) is 12.8 Å². The first kappa shape index (κ1) is 15.6. The van der Waals surface area contributed by atoms with Crippen LogP contribution >= 0.6 is 0 Å². The minimum absolute atomic E-state index is 0.00218. The Bertz CT molecular complexity index is 404. The highest BCUT2D eigenvalue weighted by Crippen LogP contribution is 2.04. The summed E-state index contributed by atoms with van der Waals surface area (Å²) in [6.07, 6.45) is 4.50. The summed E-state index contributed by atoms with van der Waals surface area (Å²) in [6.45, 7) is 0.102. The van der Waals surface area contributed by atoms with Crippen LogP contribution in [0.2, 0.25) is 0 Å². The molecule has 18 heavy (non-hydrogen) atoms. The fraction of sp³-hybridized carbons (Fsp3) is 0.600. The van der Waals surface area contributed by atoms with Crippen LogP contribution in [0, 0.1) is 0 Å². The summed E-state index contributed by atoms with van der Waals surface area (Å²) in [6, 6.07) is -0.982. The lowest BCUT2D eigenvalue weighted by molar-refractivity contribution is -0.144. The fourth-order valence-electron chi connectivity index (χ4n) is 1.04. The summed E-state index contributed by atoms with van der Waals surface area (Å²) >= 11 is 0. The van der Waals surface area contributed by atoms with Gasteiger partial charge in [-0.25, -0.2) is 29.2 Å². The van der Waals surface area contributed by atoms with Crippen molar-refractivity contribution < 1.29 is 23.9 Å². The summed E-state index contributed by atoms with van der Waals surface area (Å²) < 4.78 is 4.72. The van der Waals surface area contributed by atoms with E-state index in [0.29, 0.717) is 6.42 Å². The molecule has 0 heterocycles. The standard InChI is InChI=1S/C10H11N3O5/c14-6-11-3-1-2-9(13-8-16)10(17)18-5-4-12-7-15/h9H,1-5H2. The molecule has 0 radical (unpaired) electrons. The van der Waals surface area contributed by atoms with E-state index in [1.807, 2.05) is 0 Å². The van der Waals surface area contributed by atoms with Crippen LogP contribution < -0.4 is 0 Å². The van der Waals surface area contributed by atoms with Crippen molar-refractivity contribution in [3.05, 3.63) is 0 Å². The Morgan fingerprint density at radius 1 is 1.06 bits per heavy atom. The molecule has 1 atom stereocenters. The van der Waals surface area contributed by atoms with Gasteiger partial charge in [0.25, 0.3) is 0 Å². The molecule has 0 fully saturated rings. The highest BCUT2D eigenvalue weighted by atomic mass is 16.5. The number of rotatable bonds is 9. The van der Waals surface area contributed by atoms with Crippen molar-refractivity contribution in [3.63, 3.8) is 0 Å². The van der Waals surface area contributed by atoms with Gasteiger partial charge in [0.1, 0.15) is 6.61 Å². The predicted octanol–water partition coefficient (Wildman–Crippen LogP) is -0.314. The van der Waals surface area contributed by atoms with Gasteiger partial charge in [-0.3, -0.25) is 0 Å². The zero-order chi connectivity index (χ0) is 13.6. The second kappa shape index (κ2) is 11.1. The van der Waals surface area contributed by atoms with Gasteiger partial charge in [0.2, 0.25) is 18.2 Å². The highest BCUT2D eigenvalue weighted by molar-refractivity contribution is 5.76. The fourth-order valence-corrected chi connectivity index (χ4v) is 1.04.